The zero-order valence-electron chi connectivity index (χ0n) is 14.1. The van der Waals surface area contributed by atoms with Gasteiger partial charge in [-0.05, 0) is 5.56 Å². The molecule has 5 nitrogen and oxygen atoms in total. The number of rotatable bonds is 4. The summed E-state index contributed by atoms with van der Waals surface area (Å²) in [6.45, 7) is 0.775. The van der Waals surface area contributed by atoms with Gasteiger partial charge in [0.15, 0.2) is 9.84 Å². The number of likely N-dealkylation sites (tertiary alicyclic amines) is 2. The van der Waals surface area contributed by atoms with E-state index >= 15 is 0 Å². The number of carbonyl (C=O) groups excluding carboxylic acids is 1. The molecule has 0 bridgehead atoms. The molecule has 0 radical (unpaired) electrons. The zero-order chi connectivity index (χ0) is 18.2. The fourth-order valence-corrected chi connectivity index (χ4v) is 4.22. The van der Waals surface area contributed by atoms with Crippen LogP contribution in [0.1, 0.15) is 12.0 Å². The van der Waals surface area contributed by atoms with E-state index in [4.69, 9.17) is 0 Å². The highest BCUT2D eigenvalue weighted by molar-refractivity contribution is 7.91. The summed E-state index contributed by atoms with van der Waals surface area (Å²) in [7, 11) is -3.24. The Kier molecular flexibility index (Phi) is 4.85. The lowest BCUT2D eigenvalue weighted by atomic mass is 9.90. The first kappa shape index (κ1) is 18.3. The van der Waals surface area contributed by atoms with Gasteiger partial charge in [0, 0.05) is 45.4 Å². The molecule has 1 atom stereocenters. The molecule has 0 spiro atoms. The predicted octanol–water partition coefficient (Wildman–Crippen LogP) is 1.40. The summed E-state index contributed by atoms with van der Waals surface area (Å²) < 4.78 is 51.5. The molecule has 0 aromatic heterocycles. The number of nitrogens with zero attached hydrogens (tertiary/aromatic N) is 2. The van der Waals surface area contributed by atoms with E-state index < -0.39 is 32.8 Å². The Balaban J connectivity index is 1.65. The fraction of sp³-hybridized carbons (Fsp3) is 0.588. The molecule has 1 unspecified atom stereocenters. The Morgan fingerprint density at radius 3 is 2.44 bits per heavy atom. The van der Waals surface area contributed by atoms with Crippen molar-refractivity contribution in [2.75, 3.05) is 32.4 Å². The smallest absolute Gasteiger partial charge is 0.262 e. The van der Waals surface area contributed by atoms with Crippen molar-refractivity contribution < 1.29 is 22.0 Å². The zero-order valence-corrected chi connectivity index (χ0v) is 14.9. The largest absolute Gasteiger partial charge is 0.339 e. The van der Waals surface area contributed by atoms with E-state index in [0.29, 0.717) is 6.54 Å². The number of sulfone groups is 1. The highest BCUT2D eigenvalue weighted by Crippen LogP contribution is 2.36. The first-order valence-electron chi connectivity index (χ1n) is 8.28. The average molecular weight is 372 g/mol. The number of halogens is 2. The van der Waals surface area contributed by atoms with Crippen LogP contribution in [0, 0.1) is 5.92 Å². The van der Waals surface area contributed by atoms with Crippen LogP contribution < -0.4 is 0 Å². The third kappa shape index (κ3) is 4.00. The minimum Gasteiger partial charge on any atom is -0.339 e. The molecule has 0 saturated carbocycles. The van der Waals surface area contributed by atoms with Gasteiger partial charge in [-0.1, -0.05) is 30.3 Å². The highest BCUT2D eigenvalue weighted by atomic mass is 32.2. The normalized spacial score (nSPS) is 24.8. The van der Waals surface area contributed by atoms with Crippen molar-refractivity contribution >= 4 is 15.7 Å². The molecular formula is C17H22F2N2O3S. The molecule has 1 amide bonds. The van der Waals surface area contributed by atoms with Crippen molar-refractivity contribution in [3.8, 4) is 0 Å². The second-order valence-electron chi connectivity index (χ2n) is 6.98. The molecule has 8 heteroatoms. The summed E-state index contributed by atoms with van der Waals surface area (Å²) in [6, 6.07) is 9.53. The average Bonchev–Trinajstić information content (AvgIpc) is 2.47. The number of hydrogen-bond acceptors (Lipinski definition) is 4. The Hall–Kier alpha value is -1.54. The van der Waals surface area contributed by atoms with E-state index in [1.54, 1.807) is 0 Å². The fourth-order valence-electron chi connectivity index (χ4n) is 3.32. The lowest BCUT2D eigenvalue weighted by Gasteiger charge is -2.44. The van der Waals surface area contributed by atoms with Gasteiger partial charge in [0.25, 0.3) is 5.92 Å². The Morgan fingerprint density at radius 1 is 1.20 bits per heavy atom. The number of piperidine rings is 1. The van der Waals surface area contributed by atoms with Gasteiger partial charge in [0.05, 0.1) is 5.25 Å². The van der Waals surface area contributed by atoms with Gasteiger partial charge in [0.2, 0.25) is 5.91 Å². The number of hydrogen-bond donors (Lipinski definition) is 0. The van der Waals surface area contributed by atoms with E-state index in [-0.39, 0.29) is 32.6 Å². The third-order valence-electron chi connectivity index (χ3n) is 5.02. The monoisotopic (exact) mass is 372 g/mol. The maximum absolute atomic E-state index is 14.3. The molecule has 138 valence electrons. The summed E-state index contributed by atoms with van der Waals surface area (Å²) in [5, 5.41) is -0.630. The topological polar surface area (TPSA) is 57.7 Å². The van der Waals surface area contributed by atoms with Crippen LogP contribution in [0.2, 0.25) is 0 Å². The second kappa shape index (κ2) is 6.64. The summed E-state index contributed by atoms with van der Waals surface area (Å²) in [6.07, 6.45) is 0.746. The van der Waals surface area contributed by atoms with Gasteiger partial charge >= 0.3 is 0 Å². The van der Waals surface area contributed by atoms with Crippen LogP contribution in [-0.4, -0.2) is 67.7 Å². The van der Waals surface area contributed by atoms with E-state index in [0.717, 1.165) is 11.8 Å². The van der Waals surface area contributed by atoms with Gasteiger partial charge in [0.1, 0.15) is 5.92 Å². The van der Waals surface area contributed by atoms with Crippen molar-refractivity contribution in [2.24, 2.45) is 5.92 Å². The minimum absolute atomic E-state index is 0.0131. The van der Waals surface area contributed by atoms with E-state index in [2.05, 4.69) is 0 Å². The maximum Gasteiger partial charge on any atom is 0.262 e. The van der Waals surface area contributed by atoms with Crippen LogP contribution >= 0.6 is 0 Å². The van der Waals surface area contributed by atoms with Gasteiger partial charge in [-0.3, -0.25) is 9.69 Å². The summed E-state index contributed by atoms with van der Waals surface area (Å²) in [5.74, 6) is -5.10. The van der Waals surface area contributed by atoms with Gasteiger partial charge in [-0.25, -0.2) is 17.2 Å². The number of carbonyl (C=O) groups is 1. The molecule has 1 aromatic carbocycles. The summed E-state index contributed by atoms with van der Waals surface area (Å²) in [4.78, 5) is 15.6. The van der Waals surface area contributed by atoms with Crippen LogP contribution in [-0.2, 0) is 21.2 Å². The van der Waals surface area contributed by atoms with E-state index in [1.165, 1.54) is 4.90 Å². The summed E-state index contributed by atoms with van der Waals surface area (Å²) in [5.41, 5.74) is 1.01. The molecule has 25 heavy (non-hydrogen) atoms. The molecule has 2 aliphatic heterocycles. The van der Waals surface area contributed by atoms with Gasteiger partial charge in [-0.2, -0.15) is 0 Å². The van der Waals surface area contributed by atoms with Crippen LogP contribution in [0.25, 0.3) is 0 Å². The molecule has 2 saturated heterocycles. The predicted molar refractivity (Wildman–Crippen MR) is 90.0 cm³/mol. The lowest BCUT2D eigenvalue weighted by Crippen LogP contribution is -2.62. The number of amides is 1. The highest BCUT2D eigenvalue weighted by Gasteiger charge is 2.51. The SMILES string of the molecule is CS(=O)(=O)C1CN(C(=O)C2CN(Cc3ccccc3)CCC2(F)F)C1. The minimum atomic E-state index is -3.24. The molecule has 2 heterocycles. The van der Waals surface area contributed by atoms with Gasteiger partial charge < -0.3 is 4.90 Å². The maximum atomic E-state index is 14.3. The molecule has 3 rings (SSSR count). The Labute approximate surface area is 146 Å². The van der Waals surface area contributed by atoms with Crippen LogP contribution in [0.15, 0.2) is 30.3 Å². The Bertz CT molecular complexity index is 734. The quantitative estimate of drug-likeness (QED) is 0.802. The summed E-state index contributed by atoms with van der Waals surface area (Å²) >= 11 is 0. The lowest BCUT2D eigenvalue weighted by molar-refractivity contribution is -0.163. The number of alkyl halides is 2. The molecule has 1 aromatic rings. The van der Waals surface area contributed by atoms with Crippen molar-refractivity contribution in [2.45, 2.75) is 24.1 Å². The van der Waals surface area contributed by atoms with Crippen LogP contribution in [0.5, 0.6) is 0 Å². The molecule has 0 N–H and O–H groups in total. The van der Waals surface area contributed by atoms with E-state index in [1.807, 2.05) is 35.2 Å². The molecule has 2 fully saturated rings. The number of benzene rings is 1. The molecule has 0 aliphatic carbocycles. The van der Waals surface area contributed by atoms with Crippen molar-refractivity contribution in [1.29, 1.82) is 0 Å². The van der Waals surface area contributed by atoms with Crippen molar-refractivity contribution in [1.82, 2.24) is 9.80 Å². The third-order valence-corrected chi connectivity index (χ3v) is 6.53. The van der Waals surface area contributed by atoms with Crippen LogP contribution in [0.4, 0.5) is 8.78 Å². The van der Waals surface area contributed by atoms with Gasteiger partial charge in [-0.15, -0.1) is 0 Å². The van der Waals surface area contributed by atoms with Crippen LogP contribution in [0.3, 0.4) is 0 Å². The van der Waals surface area contributed by atoms with Crippen molar-refractivity contribution in [3.05, 3.63) is 35.9 Å². The Morgan fingerprint density at radius 2 is 1.84 bits per heavy atom. The standard InChI is InChI=1S/C17H22F2N2O3S/c1-25(23,24)14-10-21(11-14)16(22)15-12-20(8-7-17(15,18)19)9-13-5-3-2-4-6-13/h2-6,14-15H,7-12H2,1H3. The first-order chi connectivity index (χ1) is 11.7. The second-order valence-corrected chi connectivity index (χ2v) is 9.30. The molecular weight excluding hydrogens is 350 g/mol. The van der Waals surface area contributed by atoms with Crippen molar-refractivity contribution in [3.63, 3.8) is 0 Å². The first-order valence-corrected chi connectivity index (χ1v) is 10.2. The molecule has 2 aliphatic rings. The van der Waals surface area contributed by atoms with E-state index in [9.17, 15) is 22.0 Å².